The summed E-state index contributed by atoms with van der Waals surface area (Å²) < 4.78 is 0. The number of hydrogen-bond donors (Lipinski definition) is 6. The third kappa shape index (κ3) is 9.03. The summed E-state index contributed by atoms with van der Waals surface area (Å²) in [6, 6.07) is -2.87. The van der Waals surface area contributed by atoms with E-state index in [0.717, 1.165) is 0 Å². The van der Waals surface area contributed by atoms with Crippen LogP contribution in [0.3, 0.4) is 0 Å². The summed E-state index contributed by atoms with van der Waals surface area (Å²) in [4.78, 5) is 49.0. The van der Waals surface area contributed by atoms with Gasteiger partial charge >= 0.3 is 5.97 Å². The second-order valence-corrected chi connectivity index (χ2v) is 8.63. The molecule has 4 atom stereocenters. The van der Waals surface area contributed by atoms with E-state index in [9.17, 15) is 24.3 Å². The first kappa shape index (κ1) is 27.2. The van der Waals surface area contributed by atoms with E-state index in [0.29, 0.717) is 12.8 Å². The lowest BCUT2D eigenvalue weighted by molar-refractivity contribution is -0.144. The Labute approximate surface area is 178 Å². The lowest BCUT2D eigenvalue weighted by Gasteiger charge is -2.30. The molecule has 0 heterocycles. The minimum absolute atomic E-state index is 0.0632. The highest BCUT2D eigenvalue weighted by Crippen LogP contribution is 2.12. The zero-order valence-corrected chi connectivity index (χ0v) is 19.0. The Balaban J connectivity index is 5.36. The van der Waals surface area contributed by atoms with E-state index < -0.39 is 47.4 Å². The van der Waals surface area contributed by atoms with Crippen LogP contribution in [0.15, 0.2) is 0 Å². The molecule has 0 rings (SSSR count). The van der Waals surface area contributed by atoms with Crippen molar-refractivity contribution in [2.24, 2.45) is 17.6 Å². The summed E-state index contributed by atoms with van der Waals surface area (Å²) in [7, 11) is 0. The van der Waals surface area contributed by atoms with Crippen molar-refractivity contribution in [2.45, 2.75) is 78.0 Å². The van der Waals surface area contributed by atoms with Crippen molar-refractivity contribution in [3.63, 3.8) is 0 Å². The zero-order valence-electron chi connectivity index (χ0n) is 18.1. The molecular weight excluding hydrogens is 396 g/mol. The topological polar surface area (TPSA) is 151 Å². The summed E-state index contributed by atoms with van der Waals surface area (Å²) in [5.41, 5.74) is 4.30. The number of hydrogen-bond acceptors (Lipinski definition) is 6. The van der Waals surface area contributed by atoms with Gasteiger partial charge in [0.05, 0.1) is 6.04 Å². The van der Waals surface area contributed by atoms with Gasteiger partial charge in [0.1, 0.15) is 17.6 Å². The second-order valence-electron chi connectivity index (χ2n) is 8.27. The molecule has 6 N–H and O–H groups in total. The molecule has 0 spiro atoms. The maximum atomic E-state index is 12.7. The van der Waals surface area contributed by atoms with Crippen LogP contribution in [0.5, 0.6) is 0 Å². The van der Waals surface area contributed by atoms with E-state index >= 15 is 0 Å². The maximum absolute atomic E-state index is 12.7. The van der Waals surface area contributed by atoms with Crippen molar-refractivity contribution in [1.82, 2.24) is 16.0 Å². The van der Waals surface area contributed by atoms with E-state index in [4.69, 9.17) is 5.73 Å². The summed E-state index contributed by atoms with van der Waals surface area (Å²) in [5, 5.41) is 17.1. The Morgan fingerprint density at radius 1 is 1.07 bits per heavy atom. The smallest absolute Gasteiger partial charge is 0.326 e. The van der Waals surface area contributed by atoms with Gasteiger partial charge in [0.2, 0.25) is 17.7 Å². The van der Waals surface area contributed by atoms with Crippen LogP contribution in [-0.2, 0) is 19.2 Å². The van der Waals surface area contributed by atoms with Gasteiger partial charge in [-0.05, 0) is 32.1 Å². The van der Waals surface area contributed by atoms with E-state index in [2.05, 4.69) is 28.6 Å². The van der Waals surface area contributed by atoms with Crippen LogP contribution in [0.25, 0.3) is 0 Å². The van der Waals surface area contributed by atoms with Gasteiger partial charge in [-0.3, -0.25) is 14.4 Å². The third-order valence-corrected chi connectivity index (χ3v) is 5.04. The highest BCUT2D eigenvalue weighted by atomic mass is 32.1. The summed E-state index contributed by atoms with van der Waals surface area (Å²) in [5.74, 6) is -2.90. The van der Waals surface area contributed by atoms with Crippen LogP contribution < -0.4 is 21.7 Å². The lowest BCUT2D eigenvalue weighted by Crippen LogP contribution is -2.62. The molecule has 0 unspecified atom stereocenters. The average molecular weight is 433 g/mol. The van der Waals surface area contributed by atoms with Gasteiger partial charge in [0.25, 0.3) is 0 Å². The number of rotatable bonds is 12. The molecular formula is C19H36N4O5S. The Morgan fingerprint density at radius 3 is 2.03 bits per heavy atom. The predicted octanol–water partition coefficient (Wildman–Crippen LogP) is 0.285. The van der Waals surface area contributed by atoms with Crippen LogP contribution in [0.4, 0.5) is 0 Å². The second kappa shape index (κ2) is 12.0. The van der Waals surface area contributed by atoms with Crippen molar-refractivity contribution in [1.29, 1.82) is 0 Å². The first-order chi connectivity index (χ1) is 13.3. The Bertz CT molecular complexity index is 597. The molecule has 10 heteroatoms. The average Bonchev–Trinajstić information content (AvgIpc) is 2.62. The number of aliphatic carboxylic acids is 1. The van der Waals surface area contributed by atoms with Gasteiger partial charge in [-0.25, -0.2) is 4.79 Å². The molecule has 0 radical (unpaired) electrons. The van der Waals surface area contributed by atoms with Crippen molar-refractivity contribution >= 4 is 36.3 Å². The van der Waals surface area contributed by atoms with Gasteiger partial charge in [0.15, 0.2) is 0 Å². The molecule has 0 aromatic heterocycles. The minimum Gasteiger partial charge on any atom is -0.480 e. The van der Waals surface area contributed by atoms with Crippen LogP contribution in [-0.4, -0.2) is 58.2 Å². The first-order valence-corrected chi connectivity index (χ1v) is 10.4. The summed E-state index contributed by atoms with van der Waals surface area (Å²) in [6.07, 6.45) is 0.882. The van der Waals surface area contributed by atoms with Gasteiger partial charge in [-0.15, -0.1) is 0 Å². The van der Waals surface area contributed by atoms with E-state index in [1.54, 1.807) is 6.92 Å². The molecule has 0 aromatic carbocycles. The number of thiol groups is 1. The number of carbonyl (C=O) groups excluding carboxylic acids is 3. The molecule has 0 aliphatic rings. The molecule has 0 saturated heterocycles. The van der Waals surface area contributed by atoms with Crippen molar-refractivity contribution in [3.05, 3.63) is 0 Å². The molecule has 0 bridgehead atoms. The molecule has 29 heavy (non-hydrogen) atoms. The summed E-state index contributed by atoms with van der Waals surface area (Å²) >= 11 is 3.96. The number of nitrogens with two attached hydrogens (primary N) is 1. The molecule has 0 saturated carbocycles. The zero-order chi connectivity index (χ0) is 22.9. The van der Waals surface area contributed by atoms with E-state index in [-0.39, 0.29) is 17.6 Å². The molecule has 9 nitrogen and oxygen atoms in total. The SMILES string of the molecule is CC[C@H](C)[C@H](NC(=O)[C@H](CC(C)C)NC(=O)C(C)(C)NC(=O)[C@@H](N)CS)C(=O)O. The summed E-state index contributed by atoms with van der Waals surface area (Å²) in [6.45, 7) is 10.3. The van der Waals surface area contributed by atoms with Gasteiger partial charge < -0.3 is 26.8 Å². The number of carboxylic acid groups (broad SMARTS) is 1. The van der Waals surface area contributed by atoms with Gasteiger partial charge in [-0.1, -0.05) is 34.1 Å². The quantitative estimate of drug-likeness (QED) is 0.244. The monoisotopic (exact) mass is 432 g/mol. The largest absolute Gasteiger partial charge is 0.480 e. The van der Waals surface area contributed by atoms with Crippen molar-refractivity contribution in [3.8, 4) is 0 Å². The normalized spacial score (nSPS) is 15.8. The predicted molar refractivity (Wildman–Crippen MR) is 114 cm³/mol. The maximum Gasteiger partial charge on any atom is 0.326 e. The number of amides is 3. The van der Waals surface area contributed by atoms with E-state index in [1.165, 1.54) is 13.8 Å². The van der Waals surface area contributed by atoms with Crippen molar-refractivity contribution < 1.29 is 24.3 Å². The highest BCUT2D eigenvalue weighted by Gasteiger charge is 2.35. The molecule has 0 aliphatic carbocycles. The Kier molecular flexibility index (Phi) is 11.3. The molecule has 3 amide bonds. The number of nitrogens with one attached hydrogen (secondary N) is 3. The van der Waals surface area contributed by atoms with Gasteiger partial charge in [-0.2, -0.15) is 12.6 Å². The van der Waals surface area contributed by atoms with Crippen LogP contribution >= 0.6 is 12.6 Å². The molecule has 168 valence electrons. The van der Waals surface area contributed by atoms with Crippen LogP contribution in [0.1, 0.15) is 54.4 Å². The number of carboxylic acids is 1. The molecule has 0 aromatic rings. The minimum atomic E-state index is -1.32. The van der Waals surface area contributed by atoms with Crippen LogP contribution in [0, 0.1) is 11.8 Å². The Morgan fingerprint density at radius 2 is 1.62 bits per heavy atom. The molecule has 0 fully saturated rings. The van der Waals surface area contributed by atoms with Crippen molar-refractivity contribution in [2.75, 3.05) is 5.75 Å². The third-order valence-electron chi connectivity index (χ3n) is 4.64. The number of carbonyl (C=O) groups is 4. The van der Waals surface area contributed by atoms with E-state index in [1.807, 2.05) is 20.8 Å². The fourth-order valence-corrected chi connectivity index (χ4v) is 2.68. The fourth-order valence-electron chi connectivity index (χ4n) is 2.52. The standard InChI is InChI=1S/C19H36N4O5S/c1-7-11(4)14(17(26)27)22-16(25)13(8-10(2)3)21-18(28)19(5,6)23-15(24)12(20)9-29/h10-14,29H,7-9,20H2,1-6H3,(H,21,28)(H,22,25)(H,23,24)(H,26,27)/t11-,12-,13-,14-/m0/s1. The first-order valence-electron chi connectivity index (χ1n) is 9.79. The molecule has 0 aliphatic heterocycles. The lowest BCUT2D eigenvalue weighted by atomic mass is 9.96. The van der Waals surface area contributed by atoms with Crippen LogP contribution in [0.2, 0.25) is 0 Å². The fraction of sp³-hybridized carbons (Fsp3) is 0.789. The highest BCUT2D eigenvalue weighted by molar-refractivity contribution is 7.80. The Hall–Kier alpha value is -1.81. The van der Waals surface area contributed by atoms with Gasteiger partial charge in [0, 0.05) is 5.75 Å².